The fourth-order valence-corrected chi connectivity index (χ4v) is 3.65. The minimum Gasteiger partial charge on any atom is -0.348 e. The lowest BCUT2D eigenvalue weighted by Crippen LogP contribution is -2.23. The van der Waals surface area contributed by atoms with Crippen LogP contribution < -0.4 is 5.32 Å². The van der Waals surface area contributed by atoms with E-state index in [0.717, 1.165) is 28.4 Å². The molecule has 4 aromatic rings. The van der Waals surface area contributed by atoms with Crippen LogP contribution in [0.1, 0.15) is 28.5 Å². The highest BCUT2D eigenvalue weighted by Gasteiger charge is 2.17. The van der Waals surface area contributed by atoms with Crippen LogP contribution >= 0.6 is 11.3 Å². The number of rotatable bonds is 5. The van der Waals surface area contributed by atoms with Gasteiger partial charge in [-0.3, -0.25) is 9.48 Å². The first-order valence-electron chi connectivity index (χ1n) is 8.35. The fourth-order valence-electron chi connectivity index (χ4n) is 2.91. The highest BCUT2D eigenvalue weighted by Crippen LogP contribution is 2.25. The van der Waals surface area contributed by atoms with E-state index < -0.39 is 0 Å². The zero-order valence-corrected chi connectivity index (χ0v) is 15.3. The summed E-state index contributed by atoms with van der Waals surface area (Å²) in [5, 5.41) is 13.6. The van der Waals surface area contributed by atoms with Gasteiger partial charge in [0.2, 0.25) is 0 Å². The standard InChI is InChI=1S/C18H18N6OS/c1-3-23-12(2)13(10-21-23)9-20-18(25)14-11-22-24-15(6-7-19-17(14)24)16-5-4-8-26-16/h4-8,10-11H,3,9H2,1-2H3,(H,20,25). The summed E-state index contributed by atoms with van der Waals surface area (Å²) in [6.45, 7) is 5.27. The Bertz CT molecular complexity index is 1060. The normalized spacial score (nSPS) is 11.2. The second kappa shape index (κ2) is 6.72. The van der Waals surface area contributed by atoms with Crippen molar-refractivity contribution in [3.05, 3.63) is 59.0 Å². The van der Waals surface area contributed by atoms with E-state index in [-0.39, 0.29) is 5.91 Å². The van der Waals surface area contributed by atoms with Gasteiger partial charge in [0, 0.05) is 30.5 Å². The van der Waals surface area contributed by atoms with Crippen LogP contribution in [0.15, 0.2) is 42.2 Å². The lowest BCUT2D eigenvalue weighted by molar-refractivity contribution is 0.0952. The van der Waals surface area contributed by atoms with Gasteiger partial charge in [0.05, 0.1) is 23.0 Å². The summed E-state index contributed by atoms with van der Waals surface area (Å²) < 4.78 is 3.62. The van der Waals surface area contributed by atoms with Crippen LogP contribution in [0.25, 0.3) is 16.2 Å². The van der Waals surface area contributed by atoms with Gasteiger partial charge in [-0.2, -0.15) is 10.2 Å². The number of aryl methyl sites for hydroxylation is 1. The van der Waals surface area contributed by atoms with Crippen LogP contribution in [0.4, 0.5) is 0 Å². The van der Waals surface area contributed by atoms with Crippen molar-refractivity contribution in [2.45, 2.75) is 26.9 Å². The van der Waals surface area contributed by atoms with Crippen LogP contribution in [0.3, 0.4) is 0 Å². The van der Waals surface area contributed by atoms with Gasteiger partial charge in [0.25, 0.3) is 5.91 Å². The zero-order valence-electron chi connectivity index (χ0n) is 14.5. The topological polar surface area (TPSA) is 77.1 Å². The zero-order chi connectivity index (χ0) is 18.1. The second-order valence-corrected chi connectivity index (χ2v) is 6.80. The van der Waals surface area contributed by atoms with E-state index in [0.29, 0.717) is 17.8 Å². The van der Waals surface area contributed by atoms with Crippen LogP contribution in [0.2, 0.25) is 0 Å². The maximum Gasteiger partial charge on any atom is 0.257 e. The SMILES string of the molecule is CCn1ncc(CNC(=O)c2cnn3c(-c4cccs4)ccnc23)c1C. The van der Waals surface area contributed by atoms with Crippen molar-refractivity contribution in [3.8, 4) is 10.6 Å². The molecule has 0 aliphatic carbocycles. The van der Waals surface area contributed by atoms with Crippen LogP contribution in [-0.4, -0.2) is 30.3 Å². The van der Waals surface area contributed by atoms with Gasteiger partial charge in [-0.15, -0.1) is 11.3 Å². The first-order valence-corrected chi connectivity index (χ1v) is 9.23. The number of nitrogens with zero attached hydrogens (tertiary/aromatic N) is 5. The highest BCUT2D eigenvalue weighted by atomic mass is 32.1. The number of thiophene rings is 1. The van der Waals surface area contributed by atoms with Crippen molar-refractivity contribution in [1.29, 1.82) is 0 Å². The Morgan fingerprint density at radius 2 is 2.15 bits per heavy atom. The maximum atomic E-state index is 12.6. The number of carbonyl (C=O) groups is 1. The number of amides is 1. The third-order valence-corrected chi connectivity index (χ3v) is 5.26. The molecule has 8 heteroatoms. The Labute approximate surface area is 154 Å². The highest BCUT2D eigenvalue weighted by molar-refractivity contribution is 7.13. The number of carbonyl (C=O) groups excluding carboxylic acids is 1. The lowest BCUT2D eigenvalue weighted by Gasteiger charge is -2.05. The first-order chi connectivity index (χ1) is 12.7. The molecule has 1 N–H and O–H groups in total. The molecule has 1 amide bonds. The van der Waals surface area contributed by atoms with E-state index in [1.807, 2.05) is 42.1 Å². The number of fused-ring (bicyclic) bond motifs is 1. The second-order valence-electron chi connectivity index (χ2n) is 5.85. The Morgan fingerprint density at radius 1 is 1.27 bits per heavy atom. The summed E-state index contributed by atoms with van der Waals surface area (Å²) in [6.07, 6.45) is 5.07. The Balaban J connectivity index is 1.59. The monoisotopic (exact) mass is 366 g/mol. The molecular weight excluding hydrogens is 348 g/mol. The molecule has 7 nitrogen and oxygen atoms in total. The van der Waals surface area contributed by atoms with E-state index in [4.69, 9.17) is 0 Å². The van der Waals surface area contributed by atoms with E-state index >= 15 is 0 Å². The molecule has 0 saturated heterocycles. The van der Waals surface area contributed by atoms with Gasteiger partial charge in [-0.05, 0) is 31.4 Å². The van der Waals surface area contributed by atoms with E-state index in [9.17, 15) is 4.79 Å². The minimum absolute atomic E-state index is 0.195. The van der Waals surface area contributed by atoms with Gasteiger partial charge in [0.15, 0.2) is 5.65 Å². The molecule has 0 saturated carbocycles. The summed E-state index contributed by atoms with van der Waals surface area (Å²) in [6, 6.07) is 5.91. The maximum absolute atomic E-state index is 12.6. The van der Waals surface area contributed by atoms with Crippen molar-refractivity contribution < 1.29 is 4.79 Å². The molecule has 0 aliphatic heterocycles. The molecule has 0 aliphatic rings. The number of hydrogen-bond donors (Lipinski definition) is 1. The molecule has 0 fully saturated rings. The number of hydrogen-bond acceptors (Lipinski definition) is 5. The van der Waals surface area contributed by atoms with Crippen LogP contribution in [-0.2, 0) is 13.1 Å². The largest absolute Gasteiger partial charge is 0.348 e. The summed E-state index contributed by atoms with van der Waals surface area (Å²) in [5.41, 5.74) is 4.00. The Morgan fingerprint density at radius 3 is 2.88 bits per heavy atom. The van der Waals surface area contributed by atoms with Crippen molar-refractivity contribution in [1.82, 2.24) is 29.7 Å². The molecule has 0 aromatic carbocycles. The number of aromatic nitrogens is 5. The molecular formula is C18H18N6OS. The summed E-state index contributed by atoms with van der Waals surface area (Å²) in [5.74, 6) is -0.195. The predicted molar refractivity (Wildman–Crippen MR) is 100 cm³/mol. The van der Waals surface area contributed by atoms with Crippen LogP contribution in [0, 0.1) is 6.92 Å². The van der Waals surface area contributed by atoms with E-state index in [1.54, 1.807) is 34.4 Å². The van der Waals surface area contributed by atoms with Gasteiger partial charge >= 0.3 is 0 Å². The molecule has 0 spiro atoms. The average Bonchev–Trinajstić information content (AvgIpc) is 3.39. The van der Waals surface area contributed by atoms with Crippen molar-refractivity contribution in [3.63, 3.8) is 0 Å². The van der Waals surface area contributed by atoms with Crippen molar-refractivity contribution in [2.24, 2.45) is 0 Å². The van der Waals surface area contributed by atoms with Gasteiger partial charge in [-0.25, -0.2) is 9.50 Å². The third kappa shape index (κ3) is 2.78. The lowest BCUT2D eigenvalue weighted by atomic mass is 10.2. The quantitative estimate of drug-likeness (QED) is 0.589. The van der Waals surface area contributed by atoms with E-state index in [2.05, 4.69) is 20.5 Å². The Hall–Kier alpha value is -3.00. The van der Waals surface area contributed by atoms with Gasteiger partial charge in [0.1, 0.15) is 5.56 Å². The van der Waals surface area contributed by atoms with Gasteiger partial charge < -0.3 is 5.32 Å². The molecule has 0 bridgehead atoms. The van der Waals surface area contributed by atoms with E-state index in [1.165, 1.54) is 0 Å². The summed E-state index contributed by atoms with van der Waals surface area (Å²) >= 11 is 1.62. The van der Waals surface area contributed by atoms with Crippen LogP contribution in [0.5, 0.6) is 0 Å². The summed E-state index contributed by atoms with van der Waals surface area (Å²) in [7, 11) is 0. The number of nitrogens with one attached hydrogen (secondary N) is 1. The minimum atomic E-state index is -0.195. The summed E-state index contributed by atoms with van der Waals surface area (Å²) in [4.78, 5) is 18.1. The molecule has 4 heterocycles. The molecule has 4 rings (SSSR count). The van der Waals surface area contributed by atoms with Crippen molar-refractivity contribution in [2.75, 3.05) is 0 Å². The predicted octanol–water partition coefficient (Wildman–Crippen LogP) is 2.91. The first kappa shape index (κ1) is 16.5. The molecule has 0 radical (unpaired) electrons. The van der Waals surface area contributed by atoms with Gasteiger partial charge in [-0.1, -0.05) is 6.07 Å². The smallest absolute Gasteiger partial charge is 0.257 e. The molecule has 0 unspecified atom stereocenters. The Kier molecular flexibility index (Phi) is 4.26. The average molecular weight is 366 g/mol. The third-order valence-electron chi connectivity index (χ3n) is 4.36. The molecule has 4 aromatic heterocycles. The van der Waals surface area contributed by atoms with Crippen molar-refractivity contribution >= 4 is 22.9 Å². The molecule has 26 heavy (non-hydrogen) atoms. The molecule has 132 valence electrons. The molecule has 0 atom stereocenters. The fraction of sp³-hybridized carbons (Fsp3) is 0.222.